The maximum Gasteiger partial charge on any atom is 0.329 e. The van der Waals surface area contributed by atoms with Crippen molar-refractivity contribution in [3.05, 3.63) is 34.9 Å². The Labute approximate surface area is 117 Å². The van der Waals surface area contributed by atoms with Gasteiger partial charge in [-0.05, 0) is 23.6 Å². The van der Waals surface area contributed by atoms with Crippen molar-refractivity contribution in [3.8, 4) is 0 Å². The molecule has 0 aliphatic rings. The average Bonchev–Trinajstić information content (AvgIpc) is 2.38. The summed E-state index contributed by atoms with van der Waals surface area (Å²) in [6.45, 7) is 4.33. The number of hydrogen-bond acceptors (Lipinski definition) is 3. The lowest BCUT2D eigenvalue weighted by Crippen LogP contribution is -2.39. The summed E-state index contributed by atoms with van der Waals surface area (Å²) >= 11 is 5.73. The molecule has 0 atom stereocenters. The molecular weight excluding hydrogens is 266 g/mol. The average molecular weight is 282 g/mol. The van der Waals surface area contributed by atoms with E-state index in [0.717, 1.165) is 5.56 Å². The fourth-order valence-electron chi connectivity index (χ4n) is 1.14. The van der Waals surface area contributed by atoms with Crippen LogP contribution in [0.1, 0.15) is 19.4 Å². The summed E-state index contributed by atoms with van der Waals surface area (Å²) in [7, 11) is 0. The van der Waals surface area contributed by atoms with Gasteiger partial charge in [0.25, 0.3) is 0 Å². The molecule has 0 heterocycles. The molecule has 2 amide bonds. The number of hydrazone groups is 1. The number of amides is 2. The quantitative estimate of drug-likeness (QED) is 0.499. The van der Waals surface area contributed by atoms with Crippen LogP contribution in [0.5, 0.6) is 0 Å². The molecule has 102 valence electrons. The number of carbonyl (C=O) groups is 2. The minimum absolute atomic E-state index is 0.286. The zero-order chi connectivity index (χ0) is 14.3. The van der Waals surface area contributed by atoms with Crippen molar-refractivity contribution in [2.45, 2.75) is 13.8 Å². The van der Waals surface area contributed by atoms with Gasteiger partial charge in [-0.1, -0.05) is 37.6 Å². The van der Waals surface area contributed by atoms with Gasteiger partial charge in [-0.3, -0.25) is 9.59 Å². The molecule has 0 fully saturated rings. The summed E-state index contributed by atoms with van der Waals surface area (Å²) in [5, 5.41) is 6.81. The highest BCUT2D eigenvalue weighted by atomic mass is 35.5. The third-order valence-corrected chi connectivity index (χ3v) is 2.38. The first-order valence-electron chi connectivity index (χ1n) is 5.86. The Morgan fingerprint density at radius 1 is 1.26 bits per heavy atom. The lowest BCUT2D eigenvalue weighted by molar-refractivity contribution is -0.139. The van der Waals surface area contributed by atoms with Crippen LogP contribution in [0.2, 0.25) is 5.02 Å². The molecule has 2 N–H and O–H groups in total. The summed E-state index contributed by atoms with van der Waals surface area (Å²) in [4.78, 5) is 22.7. The third-order valence-electron chi connectivity index (χ3n) is 2.13. The highest BCUT2D eigenvalue weighted by Gasteiger charge is 2.11. The lowest BCUT2D eigenvalue weighted by Gasteiger charge is -2.05. The van der Waals surface area contributed by atoms with E-state index >= 15 is 0 Å². The van der Waals surface area contributed by atoms with Gasteiger partial charge >= 0.3 is 11.8 Å². The van der Waals surface area contributed by atoms with Crippen molar-refractivity contribution >= 4 is 29.6 Å². The van der Waals surface area contributed by atoms with E-state index < -0.39 is 11.8 Å². The Kier molecular flexibility index (Phi) is 6.02. The molecule has 1 rings (SSSR count). The van der Waals surface area contributed by atoms with Crippen molar-refractivity contribution in [3.63, 3.8) is 0 Å². The number of carbonyl (C=O) groups excluding carboxylic acids is 2. The molecule has 0 aliphatic heterocycles. The number of halogens is 1. The summed E-state index contributed by atoms with van der Waals surface area (Å²) in [5.74, 6) is -1.19. The molecule has 19 heavy (non-hydrogen) atoms. The van der Waals surface area contributed by atoms with Crippen LogP contribution in [0.4, 0.5) is 0 Å². The van der Waals surface area contributed by atoms with Gasteiger partial charge in [0.1, 0.15) is 0 Å². The third kappa shape index (κ3) is 6.01. The molecular formula is C13H16ClN3O2. The zero-order valence-electron chi connectivity index (χ0n) is 10.8. The van der Waals surface area contributed by atoms with Gasteiger partial charge in [0.2, 0.25) is 0 Å². The molecule has 0 aliphatic carbocycles. The maximum atomic E-state index is 11.3. The second-order valence-corrected chi connectivity index (χ2v) is 4.79. The van der Waals surface area contributed by atoms with Crippen LogP contribution < -0.4 is 10.7 Å². The van der Waals surface area contributed by atoms with E-state index in [1.807, 2.05) is 13.8 Å². The predicted octanol–water partition coefficient (Wildman–Crippen LogP) is 1.56. The molecule has 6 heteroatoms. The predicted molar refractivity (Wildman–Crippen MR) is 75.0 cm³/mol. The smallest absolute Gasteiger partial charge is 0.329 e. The maximum absolute atomic E-state index is 11.3. The molecule has 0 saturated heterocycles. The number of hydrogen-bond donors (Lipinski definition) is 2. The van der Waals surface area contributed by atoms with Crippen molar-refractivity contribution in [1.82, 2.24) is 10.7 Å². The Balaban J connectivity index is 2.41. The van der Waals surface area contributed by atoms with E-state index in [-0.39, 0.29) is 5.92 Å². The van der Waals surface area contributed by atoms with Crippen molar-refractivity contribution in [2.24, 2.45) is 11.0 Å². The highest BCUT2D eigenvalue weighted by molar-refractivity contribution is 6.35. The fraction of sp³-hybridized carbons (Fsp3) is 0.308. The van der Waals surface area contributed by atoms with Crippen molar-refractivity contribution in [1.29, 1.82) is 0 Å². The molecule has 0 saturated carbocycles. The Morgan fingerprint density at radius 2 is 1.89 bits per heavy atom. The van der Waals surface area contributed by atoms with Gasteiger partial charge < -0.3 is 5.32 Å². The molecule has 0 bridgehead atoms. The molecule has 1 aromatic rings. The van der Waals surface area contributed by atoms with Crippen LogP contribution in [-0.2, 0) is 9.59 Å². The van der Waals surface area contributed by atoms with Gasteiger partial charge in [-0.2, -0.15) is 5.10 Å². The largest absolute Gasteiger partial charge is 0.348 e. The van der Waals surface area contributed by atoms with E-state index in [2.05, 4.69) is 15.8 Å². The van der Waals surface area contributed by atoms with Gasteiger partial charge in [-0.25, -0.2) is 5.43 Å². The van der Waals surface area contributed by atoms with Crippen molar-refractivity contribution in [2.75, 3.05) is 6.54 Å². The SMILES string of the molecule is CC(C)CNC(=O)C(=O)N/N=C\c1ccc(Cl)cc1. The molecule has 5 nitrogen and oxygen atoms in total. The lowest BCUT2D eigenvalue weighted by atomic mass is 10.2. The molecule has 1 aromatic carbocycles. The Hall–Kier alpha value is -1.88. The monoisotopic (exact) mass is 281 g/mol. The summed E-state index contributed by atoms with van der Waals surface area (Å²) in [6, 6.07) is 6.91. The number of benzene rings is 1. The topological polar surface area (TPSA) is 70.6 Å². The first kappa shape index (κ1) is 15.2. The van der Waals surface area contributed by atoms with Crippen LogP contribution in [0.15, 0.2) is 29.4 Å². The number of rotatable bonds is 4. The Bertz CT molecular complexity index is 469. The van der Waals surface area contributed by atoms with Crippen LogP contribution in [0, 0.1) is 5.92 Å². The van der Waals surface area contributed by atoms with Crippen LogP contribution in [0.25, 0.3) is 0 Å². The van der Waals surface area contributed by atoms with E-state index in [1.54, 1.807) is 24.3 Å². The van der Waals surface area contributed by atoms with Gasteiger partial charge in [0.05, 0.1) is 6.21 Å². The minimum atomic E-state index is -0.786. The molecule has 0 aromatic heterocycles. The first-order chi connectivity index (χ1) is 8.99. The van der Waals surface area contributed by atoms with E-state index in [4.69, 9.17) is 11.6 Å². The van der Waals surface area contributed by atoms with E-state index in [9.17, 15) is 9.59 Å². The second-order valence-electron chi connectivity index (χ2n) is 4.35. The van der Waals surface area contributed by atoms with E-state index in [1.165, 1.54) is 6.21 Å². The first-order valence-corrected chi connectivity index (χ1v) is 6.23. The van der Waals surface area contributed by atoms with Crippen LogP contribution in [-0.4, -0.2) is 24.6 Å². The van der Waals surface area contributed by atoms with Gasteiger partial charge in [-0.15, -0.1) is 0 Å². The van der Waals surface area contributed by atoms with Crippen LogP contribution in [0.3, 0.4) is 0 Å². The molecule has 0 radical (unpaired) electrons. The summed E-state index contributed by atoms with van der Waals surface area (Å²) < 4.78 is 0. The second kappa shape index (κ2) is 7.53. The Morgan fingerprint density at radius 3 is 2.47 bits per heavy atom. The minimum Gasteiger partial charge on any atom is -0.348 e. The molecule has 0 spiro atoms. The van der Waals surface area contributed by atoms with Gasteiger partial charge in [0, 0.05) is 11.6 Å². The summed E-state index contributed by atoms with van der Waals surface area (Å²) in [6.07, 6.45) is 1.43. The van der Waals surface area contributed by atoms with Gasteiger partial charge in [0.15, 0.2) is 0 Å². The summed E-state index contributed by atoms with van der Waals surface area (Å²) in [5.41, 5.74) is 2.93. The zero-order valence-corrected chi connectivity index (χ0v) is 11.6. The van der Waals surface area contributed by atoms with Crippen molar-refractivity contribution < 1.29 is 9.59 Å². The standard InChI is InChI=1S/C13H16ClN3O2/c1-9(2)7-15-12(18)13(19)17-16-8-10-3-5-11(14)6-4-10/h3-6,8-9H,7H2,1-2H3,(H,15,18)(H,17,19)/b16-8-. The number of nitrogens with one attached hydrogen (secondary N) is 2. The molecule has 0 unspecified atom stereocenters. The van der Waals surface area contributed by atoms with Crippen LogP contribution >= 0.6 is 11.6 Å². The fourth-order valence-corrected chi connectivity index (χ4v) is 1.27. The normalized spacial score (nSPS) is 10.7. The van der Waals surface area contributed by atoms with E-state index in [0.29, 0.717) is 11.6 Å². The highest BCUT2D eigenvalue weighted by Crippen LogP contribution is 2.07. The number of nitrogens with zero attached hydrogens (tertiary/aromatic N) is 1.